The van der Waals surface area contributed by atoms with Crippen LogP contribution in [0, 0.1) is 11.3 Å². The van der Waals surface area contributed by atoms with E-state index in [1.54, 1.807) is 24.1 Å². The topological polar surface area (TPSA) is 86.1 Å². The summed E-state index contributed by atoms with van der Waals surface area (Å²) in [5.74, 6) is -0.534. The van der Waals surface area contributed by atoms with Gasteiger partial charge in [-0.1, -0.05) is 18.2 Å². The summed E-state index contributed by atoms with van der Waals surface area (Å²) in [6, 6.07) is 10.1. The second-order valence-electron chi connectivity index (χ2n) is 5.89. The largest absolute Gasteiger partial charge is 0.340 e. The van der Waals surface area contributed by atoms with Crippen molar-refractivity contribution in [2.45, 2.75) is 31.8 Å². The third kappa shape index (κ3) is 2.93. The third-order valence-corrected chi connectivity index (χ3v) is 4.30. The van der Waals surface area contributed by atoms with Crippen LogP contribution in [0.2, 0.25) is 0 Å². The zero-order valence-corrected chi connectivity index (χ0v) is 13.4. The van der Waals surface area contributed by atoms with Gasteiger partial charge in [0.05, 0.1) is 17.1 Å². The van der Waals surface area contributed by atoms with Gasteiger partial charge in [-0.3, -0.25) is 14.6 Å². The highest BCUT2D eigenvalue weighted by Gasteiger charge is 2.32. The molecule has 1 aromatic carbocycles. The fourth-order valence-corrected chi connectivity index (χ4v) is 3.04. The van der Waals surface area contributed by atoms with Gasteiger partial charge < -0.3 is 10.2 Å². The zero-order chi connectivity index (χ0) is 17.1. The quantitative estimate of drug-likeness (QED) is 0.934. The van der Waals surface area contributed by atoms with E-state index in [9.17, 15) is 9.59 Å². The van der Waals surface area contributed by atoms with E-state index in [4.69, 9.17) is 5.26 Å². The van der Waals surface area contributed by atoms with Gasteiger partial charge in [0.25, 0.3) is 5.91 Å². The lowest BCUT2D eigenvalue weighted by molar-refractivity contribution is -0.132. The van der Waals surface area contributed by atoms with Gasteiger partial charge in [-0.15, -0.1) is 0 Å². The van der Waals surface area contributed by atoms with E-state index >= 15 is 0 Å². The average molecular weight is 322 g/mol. The number of carbonyl (C=O) groups is 2. The molecular formula is C18H18N4O2. The minimum atomic E-state index is -0.682. The Hall–Kier alpha value is -2.94. The number of likely N-dealkylation sites (tertiary alicyclic amines) is 1. The molecule has 2 amide bonds. The van der Waals surface area contributed by atoms with Crippen LogP contribution in [-0.2, 0) is 4.79 Å². The van der Waals surface area contributed by atoms with Crippen LogP contribution in [0.5, 0.6) is 0 Å². The van der Waals surface area contributed by atoms with Crippen LogP contribution in [0.15, 0.2) is 36.5 Å². The second kappa shape index (κ2) is 6.67. The van der Waals surface area contributed by atoms with E-state index in [0.717, 1.165) is 17.3 Å². The van der Waals surface area contributed by atoms with Crippen LogP contribution in [0.25, 0.3) is 10.9 Å². The molecule has 2 aromatic rings. The van der Waals surface area contributed by atoms with Gasteiger partial charge in [-0.05, 0) is 31.9 Å². The number of aromatic nitrogens is 1. The maximum Gasteiger partial charge on any atom is 0.252 e. The predicted molar refractivity (Wildman–Crippen MR) is 89.0 cm³/mol. The van der Waals surface area contributed by atoms with E-state index < -0.39 is 12.1 Å². The van der Waals surface area contributed by atoms with Crippen molar-refractivity contribution in [1.29, 1.82) is 5.26 Å². The monoisotopic (exact) mass is 322 g/mol. The molecule has 0 saturated carbocycles. The van der Waals surface area contributed by atoms with Gasteiger partial charge in [0.15, 0.2) is 0 Å². The lowest BCUT2D eigenvalue weighted by atomic mass is 10.1. The summed E-state index contributed by atoms with van der Waals surface area (Å²) >= 11 is 0. The first kappa shape index (κ1) is 15.9. The number of nitrogens with one attached hydrogen (secondary N) is 1. The molecule has 1 fully saturated rings. The number of fused-ring (bicyclic) bond motifs is 1. The van der Waals surface area contributed by atoms with Crippen molar-refractivity contribution in [3.8, 4) is 6.07 Å². The Kier molecular flexibility index (Phi) is 4.43. The molecule has 2 heterocycles. The Morgan fingerprint density at radius 3 is 2.96 bits per heavy atom. The first-order valence-corrected chi connectivity index (χ1v) is 7.96. The molecule has 0 radical (unpaired) electrons. The van der Waals surface area contributed by atoms with Crippen molar-refractivity contribution >= 4 is 22.7 Å². The average Bonchev–Trinajstić information content (AvgIpc) is 3.09. The van der Waals surface area contributed by atoms with Crippen molar-refractivity contribution < 1.29 is 9.59 Å². The Morgan fingerprint density at radius 1 is 1.38 bits per heavy atom. The van der Waals surface area contributed by atoms with Crippen LogP contribution in [-0.4, -0.2) is 40.3 Å². The van der Waals surface area contributed by atoms with Crippen molar-refractivity contribution in [3.05, 3.63) is 42.1 Å². The van der Waals surface area contributed by atoms with Gasteiger partial charge in [0.1, 0.15) is 12.1 Å². The molecule has 6 nitrogen and oxygen atoms in total. The summed E-state index contributed by atoms with van der Waals surface area (Å²) in [4.78, 5) is 30.8. The molecule has 24 heavy (non-hydrogen) atoms. The minimum Gasteiger partial charge on any atom is -0.340 e. The van der Waals surface area contributed by atoms with Crippen LogP contribution in [0.4, 0.5) is 0 Å². The number of carbonyl (C=O) groups excluding carboxylic acids is 2. The second-order valence-corrected chi connectivity index (χ2v) is 5.89. The molecule has 2 unspecified atom stereocenters. The van der Waals surface area contributed by atoms with Gasteiger partial charge in [-0.25, -0.2) is 0 Å². The highest BCUT2D eigenvalue weighted by Crippen LogP contribution is 2.19. The molecule has 1 N–H and O–H groups in total. The number of hydrogen-bond donors (Lipinski definition) is 1. The first-order chi connectivity index (χ1) is 11.6. The first-order valence-electron chi connectivity index (χ1n) is 7.96. The predicted octanol–water partition coefficient (Wildman–Crippen LogP) is 1.87. The summed E-state index contributed by atoms with van der Waals surface area (Å²) in [5.41, 5.74) is 1.21. The molecule has 3 rings (SSSR count). The summed E-state index contributed by atoms with van der Waals surface area (Å²) in [7, 11) is 0. The minimum absolute atomic E-state index is 0.217. The van der Waals surface area contributed by atoms with Gasteiger partial charge in [0.2, 0.25) is 5.91 Å². The molecule has 0 bridgehead atoms. The Labute approximate surface area is 140 Å². The molecule has 122 valence electrons. The fraction of sp³-hybridized carbons (Fsp3) is 0.333. The fourth-order valence-electron chi connectivity index (χ4n) is 3.04. The maximum absolute atomic E-state index is 12.6. The van der Waals surface area contributed by atoms with Gasteiger partial charge in [-0.2, -0.15) is 5.26 Å². The van der Waals surface area contributed by atoms with Gasteiger partial charge >= 0.3 is 0 Å². The number of hydrogen-bond acceptors (Lipinski definition) is 4. The molecule has 1 saturated heterocycles. The Balaban J connectivity index is 1.76. The van der Waals surface area contributed by atoms with Crippen molar-refractivity contribution in [3.63, 3.8) is 0 Å². The van der Waals surface area contributed by atoms with Crippen LogP contribution >= 0.6 is 0 Å². The molecule has 2 atom stereocenters. The van der Waals surface area contributed by atoms with Crippen LogP contribution in [0.1, 0.15) is 30.1 Å². The lowest BCUT2D eigenvalue weighted by Crippen LogP contribution is -2.48. The highest BCUT2D eigenvalue weighted by atomic mass is 16.2. The lowest BCUT2D eigenvalue weighted by Gasteiger charge is -2.24. The smallest absolute Gasteiger partial charge is 0.252 e. The number of amides is 2. The molecule has 0 spiro atoms. The van der Waals surface area contributed by atoms with E-state index in [-0.39, 0.29) is 11.8 Å². The highest BCUT2D eigenvalue weighted by molar-refractivity contribution is 6.07. The zero-order valence-electron chi connectivity index (χ0n) is 13.4. The number of nitriles is 1. The summed E-state index contributed by atoms with van der Waals surface area (Å²) in [5, 5.41) is 12.6. The third-order valence-electron chi connectivity index (χ3n) is 4.30. The summed E-state index contributed by atoms with van der Waals surface area (Å²) in [6.07, 6.45) is 3.09. The summed E-state index contributed by atoms with van der Waals surface area (Å²) < 4.78 is 0. The molecular weight excluding hydrogens is 304 g/mol. The van der Waals surface area contributed by atoms with E-state index in [2.05, 4.69) is 16.4 Å². The van der Waals surface area contributed by atoms with Crippen molar-refractivity contribution in [2.24, 2.45) is 0 Å². The molecule has 1 aliphatic heterocycles. The SMILES string of the molecule is CC(NC(=O)c1ccnc2ccccc12)C(=O)N1CCCC1C#N. The number of pyridine rings is 1. The molecule has 6 heteroatoms. The molecule has 1 aliphatic rings. The van der Waals surface area contributed by atoms with Crippen molar-refractivity contribution in [1.82, 2.24) is 15.2 Å². The number of benzene rings is 1. The number of rotatable bonds is 3. The maximum atomic E-state index is 12.6. The molecule has 0 aliphatic carbocycles. The van der Waals surface area contributed by atoms with E-state index in [1.165, 1.54) is 0 Å². The van der Waals surface area contributed by atoms with Crippen LogP contribution in [0.3, 0.4) is 0 Å². The molecule has 1 aromatic heterocycles. The van der Waals surface area contributed by atoms with E-state index in [1.807, 2.05) is 24.3 Å². The van der Waals surface area contributed by atoms with Crippen molar-refractivity contribution in [2.75, 3.05) is 6.54 Å². The normalized spacial score (nSPS) is 18.2. The Morgan fingerprint density at radius 2 is 2.17 bits per heavy atom. The number of nitrogens with zero attached hydrogens (tertiary/aromatic N) is 3. The van der Waals surface area contributed by atoms with Crippen LogP contribution < -0.4 is 5.32 Å². The Bertz CT molecular complexity index is 822. The van der Waals surface area contributed by atoms with E-state index in [0.29, 0.717) is 18.5 Å². The summed E-state index contributed by atoms with van der Waals surface area (Å²) in [6.45, 7) is 2.21. The van der Waals surface area contributed by atoms with Gasteiger partial charge in [0, 0.05) is 18.1 Å². The standard InChI is InChI=1S/C18H18N4O2/c1-12(18(24)22-10-4-5-13(22)11-19)21-17(23)15-8-9-20-16-7-3-2-6-14(15)16/h2-3,6-9,12-13H,4-5,10H2,1H3,(H,21,23). The number of para-hydroxylation sites is 1.